The van der Waals surface area contributed by atoms with Gasteiger partial charge >= 0.3 is 6.09 Å². The summed E-state index contributed by atoms with van der Waals surface area (Å²) in [6.07, 6.45) is 3.23. The molecule has 24 heavy (non-hydrogen) atoms. The number of hydrogen-bond acceptors (Lipinski definition) is 2. The second kappa shape index (κ2) is 9.56. The minimum Gasteiger partial charge on any atom is -0.445 e. The predicted octanol–water partition coefficient (Wildman–Crippen LogP) is 4.74. The average Bonchev–Trinajstić information content (AvgIpc) is 2.64. The van der Waals surface area contributed by atoms with E-state index in [1.54, 1.807) is 0 Å². The van der Waals surface area contributed by atoms with Crippen LogP contribution < -0.4 is 5.32 Å². The molecule has 0 spiro atoms. The first-order valence-electron chi connectivity index (χ1n) is 8.32. The lowest BCUT2D eigenvalue weighted by atomic mass is 9.95. The molecule has 0 unspecified atom stereocenters. The Balaban J connectivity index is 1.85. The summed E-state index contributed by atoms with van der Waals surface area (Å²) in [4.78, 5) is 12.1. The largest absolute Gasteiger partial charge is 0.445 e. The van der Waals surface area contributed by atoms with Crippen molar-refractivity contribution in [2.24, 2.45) is 5.92 Å². The number of carbonyl (C=O) groups excluding carboxylic acids is 1. The van der Waals surface area contributed by atoms with Crippen LogP contribution in [0.15, 0.2) is 73.3 Å². The van der Waals surface area contributed by atoms with Crippen molar-refractivity contribution in [2.75, 3.05) is 0 Å². The Labute approximate surface area is 144 Å². The number of alkyl carbamates (subject to hydrolysis) is 1. The molecule has 2 aromatic rings. The molecule has 1 N–H and O–H groups in total. The molecule has 2 aromatic carbocycles. The Kier molecular flexibility index (Phi) is 7.09. The van der Waals surface area contributed by atoms with Gasteiger partial charge in [0.05, 0.1) is 0 Å². The Bertz CT molecular complexity index is 625. The van der Waals surface area contributed by atoms with E-state index in [9.17, 15) is 4.79 Å². The van der Waals surface area contributed by atoms with Gasteiger partial charge in [-0.15, -0.1) is 6.58 Å². The molecular formula is C21H25NO2. The van der Waals surface area contributed by atoms with Gasteiger partial charge < -0.3 is 10.1 Å². The van der Waals surface area contributed by atoms with Crippen molar-refractivity contribution in [2.45, 2.75) is 32.4 Å². The maximum atomic E-state index is 12.1. The van der Waals surface area contributed by atoms with E-state index in [2.05, 4.69) is 31.0 Å². The lowest BCUT2D eigenvalue weighted by molar-refractivity contribution is 0.133. The summed E-state index contributed by atoms with van der Waals surface area (Å²) >= 11 is 0. The molecule has 0 aliphatic heterocycles. The SMILES string of the molecule is C=C[C@H](C)[C@@H](CCc1ccccc1)NC(=O)OCc1ccccc1. The molecule has 1 amide bonds. The van der Waals surface area contributed by atoms with Gasteiger partial charge in [0, 0.05) is 6.04 Å². The molecule has 3 heteroatoms. The molecule has 2 atom stereocenters. The maximum Gasteiger partial charge on any atom is 0.407 e. The standard InChI is InChI=1S/C21H25NO2/c1-3-17(2)20(15-14-18-10-6-4-7-11-18)22-21(23)24-16-19-12-8-5-9-13-19/h3-13,17,20H,1,14-16H2,2H3,(H,22,23)/t17-,20+/m0/s1. The van der Waals surface area contributed by atoms with E-state index in [1.807, 2.05) is 54.6 Å². The summed E-state index contributed by atoms with van der Waals surface area (Å²) in [5.41, 5.74) is 2.24. The van der Waals surface area contributed by atoms with Gasteiger partial charge in [-0.1, -0.05) is 73.7 Å². The zero-order valence-electron chi connectivity index (χ0n) is 14.2. The lowest BCUT2D eigenvalue weighted by Gasteiger charge is -2.22. The zero-order valence-corrected chi connectivity index (χ0v) is 14.2. The van der Waals surface area contributed by atoms with Crippen LogP contribution >= 0.6 is 0 Å². The number of rotatable bonds is 8. The van der Waals surface area contributed by atoms with Crippen LogP contribution in [0.5, 0.6) is 0 Å². The van der Waals surface area contributed by atoms with Crippen molar-refractivity contribution in [3.05, 3.63) is 84.4 Å². The first-order chi connectivity index (χ1) is 11.7. The predicted molar refractivity (Wildman–Crippen MR) is 97.7 cm³/mol. The molecule has 0 saturated heterocycles. The van der Waals surface area contributed by atoms with E-state index in [0.717, 1.165) is 18.4 Å². The van der Waals surface area contributed by atoms with Crippen LogP contribution in [0.1, 0.15) is 24.5 Å². The molecule has 0 aliphatic rings. The monoisotopic (exact) mass is 323 g/mol. The van der Waals surface area contributed by atoms with Crippen LogP contribution in [-0.4, -0.2) is 12.1 Å². The molecule has 3 nitrogen and oxygen atoms in total. The highest BCUT2D eigenvalue weighted by Crippen LogP contribution is 2.13. The first-order valence-corrected chi connectivity index (χ1v) is 8.32. The third-order valence-electron chi connectivity index (χ3n) is 4.11. The van der Waals surface area contributed by atoms with Gasteiger partial charge in [0.2, 0.25) is 0 Å². The van der Waals surface area contributed by atoms with Crippen LogP contribution in [0.25, 0.3) is 0 Å². The van der Waals surface area contributed by atoms with Crippen LogP contribution in [0, 0.1) is 5.92 Å². The maximum absolute atomic E-state index is 12.1. The number of carbonyl (C=O) groups is 1. The first kappa shape index (κ1) is 17.8. The highest BCUT2D eigenvalue weighted by molar-refractivity contribution is 5.67. The lowest BCUT2D eigenvalue weighted by Crippen LogP contribution is -2.39. The number of amides is 1. The van der Waals surface area contributed by atoms with Gasteiger partial charge in [0.1, 0.15) is 6.61 Å². The summed E-state index contributed by atoms with van der Waals surface area (Å²) in [7, 11) is 0. The van der Waals surface area contributed by atoms with Crippen molar-refractivity contribution in [1.82, 2.24) is 5.32 Å². The van der Waals surface area contributed by atoms with Crippen molar-refractivity contribution in [1.29, 1.82) is 0 Å². The zero-order chi connectivity index (χ0) is 17.2. The molecule has 126 valence electrons. The molecule has 0 saturated carbocycles. The molecular weight excluding hydrogens is 298 g/mol. The second-order valence-electron chi connectivity index (χ2n) is 5.93. The summed E-state index contributed by atoms with van der Waals surface area (Å²) < 4.78 is 5.32. The molecule has 0 fully saturated rings. The third-order valence-corrected chi connectivity index (χ3v) is 4.11. The summed E-state index contributed by atoms with van der Waals surface area (Å²) in [6, 6.07) is 19.9. The molecule has 0 heterocycles. The fourth-order valence-electron chi connectivity index (χ4n) is 2.51. The highest BCUT2D eigenvalue weighted by Gasteiger charge is 2.18. The van der Waals surface area contributed by atoms with Crippen molar-refractivity contribution < 1.29 is 9.53 Å². The van der Waals surface area contributed by atoms with Gasteiger partial charge in [-0.05, 0) is 29.9 Å². The quantitative estimate of drug-likeness (QED) is 0.713. The van der Waals surface area contributed by atoms with Gasteiger partial charge in [-0.2, -0.15) is 0 Å². The molecule has 0 aliphatic carbocycles. The smallest absolute Gasteiger partial charge is 0.407 e. The summed E-state index contributed by atoms with van der Waals surface area (Å²) in [5.74, 6) is 0.179. The number of hydrogen-bond donors (Lipinski definition) is 1. The molecule has 0 aromatic heterocycles. The average molecular weight is 323 g/mol. The van der Waals surface area contributed by atoms with E-state index in [0.29, 0.717) is 0 Å². The Hall–Kier alpha value is -2.55. The van der Waals surface area contributed by atoms with Gasteiger partial charge in [0.25, 0.3) is 0 Å². The van der Waals surface area contributed by atoms with E-state index in [-0.39, 0.29) is 24.7 Å². The number of aryl methyl sites for hydroxylation is 1. The van der Waals surface area contributed by atoms with E-state index < -0.39 is 0 Å². The van der Waals surface area contributed by atoms with Crippen LogP contribution in [0.3, 0.4) is 0 Å². The Morgan fingerprint density at radius 3 is 2.25 bits per heavy atom. The topological polar surface area (TPSA) is 38.3 Å². The van der Waals surface area contributed by atoms with E-state index >= 15 is 0 Å². The summed E-state index contributed by atoms with van der Waals surface area (Å²) in [6.45, 7) is 6.18. The van der Waals surface area contributed by atoms with E-state index in [4.69, 9.17) is 4.74 Å². The van der Waals surface area contributed by atoms with Crippen molar-refractivity contribution in [3.63, 3.8) is 0 Å². The fourth-order valence-corrected chi connectivity index (χ4v) is 2.51. The molecule has 2 rings (SSSR count). The van der Waals surface area contributed by atoms with Crippen molar-refractivity contribution in [3.8, 4) is 0 Å². The minimum absolute atomic E-state index is 0.00554. The fraction of sp³-hybridized carbons (Fsp3) is 0.286. The third kappa shape index (κ3) is 5.92. The van der Waals surface area contributed by atoms with Gasteiger partial charge in [-0.25, -0.2) is 4.79 Å². The van der Waals surface area contributed by atoms with Gasteiger partial charge in [0.15, 0.2) is 0 Å². The molecule has 0 radical (unpaired) electrons. The number of benzene rings is 2. The Morgan fingerprint density at radius 1 is 1.08 bits per heavy atom. The summed E-state index contributed by atoms with van der Waals surface area (Å²) in [5, 5.41) is 2.98. The van der Waals surface area contributed by atoms with Crippen LogP contribution in [-0.2, 0) is 17.8 Å². The van der Waals surface area contributed by atoms with E-state index in [1.165, 1.54) is 5.56 Å². The van der Waals surface area contributed by atoms with Gasteiger partial charge in [-0.3, -0.25) is 0 Å². The van der Waals surface area contributed by atoms with Crippen LogP contribution in [0.4, 0.5) is 4.79 Å². The minimum atomic E-state index is -0.384. The van der Waals surface area contributed by atoms with Crippen molar-refractivity contribution >= 4 is 6.09 Å². The highest BCUT2D eigenvalue weighted by atomic mass is 16.5. The Morgan fingerprint density at radius 2 is 1.67 bits per heavy atom. The van der Waals surface area contributed by atoms with Crippen LogP contribution in [0.2, 0.25) is 0 Å². The number of nitrogens with one attached hydrogen (secondary N) is 1. The number of ether oxygens (including phenoxy) is 1. The normalized spacial score (nSPS) is 12.9. The second-order valence-corrected chi connectivity index (χ2v) is 5.93. The molecule has 0 bridgehead atoms.